The zero-order chi connectivity index (χ0) is 22.8. The van der Waals surface area contributed by atoms with Gasteiger partial charge in [0.15, 0.2) is 0 Å². The van der Waals surface area contributed by atoms with Crippen molar-refractivity contribution < 1.29 is 29.3 Å². The fourth-order valence-electron chi connectivity index (χ4n) is 3.82. The van der Waals surface area contributed by atoms with Gasteiger partial charge in [0.25, 0.3) is 0 Å². The maximum atomic E-state index is 10.8. The number of amides is 2. The summed E-state index contributed by atoms with van der Waals surface area (Å²) in [5.74, 6) is 1.27. The van der Waals surface area contributed by atoms with Gasteiger partial charge < -0.3 is 29.5 Å². The first-order valence-corrected chi connectivity index (χ1v) is 11.1. The quantitative estimate of drug-likeness (QED) is 0.379. The van der Waals surface area contributed by atoms with Crippen LogP contribution in [-0.4, -0.2) is 134 Å². The maximum absolute atomic E-state index is 10.8. The van der Waals surface area contributed by atoms with E-state index in [2.05, 4.69) is 9.80 Å². The number of aliphatic hydroxyl groups excluding tert-OH is 2. The SMILES string of the molecule is O=CN1CCN(C[C@@H](O)COc2ccc(OC[C@H](O)CN3CCN(C=O)CC3)cc2)CC1. The van der Waals surface area contributed by atoms with Crippen LogP contribution >= 0.6 is 0 Å². The number of ether oxygens (including phenoxy) is 2. The van der Waals surface area contributed by atoms with E-state index in [-0.39, 0.29) is 13.2 Å². The first-order chi connectivity index (χ1) is 15.6. The third-order valence-electron chi connectivity index (χ3n) is 5.76. The fraction of sp³-hybridized carbons (Fsp3) is 0.636. The highest BCUT2D eigenvalue weighted by Crippen LogP contribution is 2.18. The lowest BCUT2D eigenvalue weighted by atomic mass is 10.2. The molecule has 0 bridgehead atoms. The van der Waals surface area contributed by atoms with Crippen LogP contribution in [0.3, 0.4) is 0 Å². The van der Waals surface area contributed by atoms with E-state index >= 15 is 0 Å². The molecule has 10 heteroatoms. The minimum atomic E-state index is -0.614. The Morgan fingerprint density at radius 3 is 1.34 bits per heavy atom. The van der Waals surface area contributed by atoms with Crippen molar-refractivity contribution >= 4 is 12.8 Å². The molecule has 0 aromatic heterocycles. The van der Waals surface area contributed by atoms with Gasteiger partial charge in [-0.15, -0.1) is 0 Å². The summed E-state index contributed by atoms with van der Waals surface area (Å²) in [5, 5.41) is 20.4. The van der Waals surface area contributed by atoms with Gasteiger partial charge in [-0.25, -0.2) is 0 Å². The number of aliphatic hydroxyl groups is 2. The molecule has 2 saturated heterocycles. The molecule has 10 nitrogen and oxygen atoms in total. The number of nitrogens with zero attached hydrogens (tertiary/aromatic N) is 4. The van der Waals surface area contributed by atoms with Crippen molar-refractivity contribution in [3.63, 3.8) is 0 Å². The van der Waals surface area contributed by atoms with Crippen molar-refractivity contribution in [3.05, 3.63) is 24.3 Å². The Morgan fingerprint density at radius 1 is 0.688 bits per heavy atom. The molecule has 2 aliphatic heterocycles. The van der Waals surface area contributed by atoms with Crippen LogP contribution in [0, 0.1) is 0 Å². The largest absolute Gasteiger partial charge is 0.491 e. The molecule has 0 spiro atoms. The lowest BCUT2D eigenvalue weighted by Crippen LogP contribution is -2.48. The molecule has 1 aromatic carbocycles. The van der Waals surface area contributed by atoms with Gasteiger partial charge in [-0.05, 0) is 24.3 Å². The Balaban J connectivity index is 1.30. The van der Waals surface area contributed by atoms with E-state index in [4.69, 9.17) is 9.47 Å². The summed E-state index contributed by atoms with van der Waals surface area (Å²) < 4.78 is 11.3. The number of β-amino-alcohol motifs (C(OH)–C–C–N with tert-alkyl or cyclic N) is 2. The second-order valence-corrected chi connectivity index (χ2v) is 8.29. The molecule has 2 amide bonds. The van der Waals surface area contributed by atoms with Crippen LogP contribution in [-0.2, 0) is 9.59 Å². The number of rotatable bonds is 12. The standard InChI is InChI=1S/C22H34N4O6/c27-17-25-9-5-23(6-10-25)13-19(29)15-31-21-1-2-22(4-3-21)32-16-20(30)14-24-7-11-26(18-28)12-8-24/h1-4,17-20,29-30H,5-16H2/t19-,20-/m1/s1. The normalized spacial score (nSPS) is 19.9. The van der Waals surface area contributed by atoms with Crippen LogP contribution in [0.15, 0.2) is 24.3 Å². The minimum Gasteiger partial charge on any atom is -0.491 e. The minimum absolute atomic E-state index is 0.185. The maximum Gasteiger partial charge on any atom is 0.209 e. The van der Waals surface area contributed by atoms with Gasteiger partial charge in [0, 0.05) is 65.4 Å². The molecule has 0 saturated carbocycles. The van der Waals surface area contributed by atoms with E-state index in [9.17, 15) is 19.8 Å². The van der Waals surface area contributed by atoms with Gasteiger partial charge in [0.2, 0.25) is 12.8 Å². The molecule has 2 N–H and O–H groups in total. The summed E-state index contributed by atoms with van der Waals surface area (Å²) in [7, 11) is 0. The van der Waals surface area contributed by atoms with Crippen molar-refractivity contribution in [3.8, 4) is 11.5 Å². The van der Waals surface area contributed by atoms with E-state index in [1.165, 1.54) is 0 Å². The van der Waals surface area contributed by atoms with Crippen LogP contribution in [0.2, 0.25) is 0 Å². The summed E-state index contributed by atoms with van der Waals surface area (Å²) in [5.41, 5.74) is 0. The molecule has 0 radical (unpaired) electrons. The van der Waals surface area contributed by atoms with Crippen LogP contribution < -0.4 is 9.47 Å². The second kappa shape index (κ2) is 12.6. The molecule has 178 valence electrons. The lowest BCUT2D eigenvalue weighted by molar-refractivity contribution is -0.120. The summed E-state index contributed by atoms with van der Waals surface area (Å²) >= 11 is 0. The number of benzene rings is 1. The molecule has 0 unspecified atom stereocenters. The molecule has 32 heavy (non-hydrogen) atoms. The van der Waals surface area contributed by atoms with Crippen LogP contribution in [0.4, 0.5) is 0 Å². The van der Waals surface area contributed by atoms with Gasteiger partial charge >= 0.3 is 0 Å². The predicted molar refractivity (Wildman–Crippen MR) is 118 cm³/mol. The Hall–Kier alpha value is -2.40. The van der Waals surface area contributed by atoms with E-state index in [1.807, 2.05) is 0 Å². The van der Waals surface area contributed by atoms with Crippen LogP contribution in [0.1, 0.15) is 0 Å². The molecule has 2 aliphatic rings. The van der Waals surface area contributed by atoms with Crippen molar-refractivity contribution in [2.24, 2.45) is 0 Å². The van der Waals surface area contributed by atoms with E-state index in [0.717, 1.165) is 39.0 Å². The molecule has 3 rings (SSSR count). The first-order valence-electron chi connectivity index (χ1n) is 11.1. The zero-order valence-electron chi connectivity index (χ0n) is 18.4. The summed E-state index contributed by atoms with van der Waals surface area (Å²) in [6, 6.07) is 7.09. The van der Waals surface area contributed by atoms with Gasteiger partial charge in [-0.2, -0.15) is 0 Å². The lowest BCUT2D eigenvalue weighted by Gasteiger charge is -2.33. The summed E-state index contributed by atoms with van der Waals surface area (Å²) in [6.07, 6.45) is 0.501. The molecular formula is C22H34N4O6. The molecular weight excluding hydrogens is 416 g/mol. The summed E-state index contributed by atoms with van der Waals surface area (Å²) in [4.78, 5) is 29.2. The van der Waals surface area contributed by atoms with Gasteiger partial charge in [-0.3, -0.25) is 19.4 Å². The highest BCUT2D eigenvalue weighted by Gasteiger charge is 2.19. The van der Waals surface area contributed by atoms with Gasteiger partial charge in [-0.1, -0.05) is 0 Å². The number of carbonyl (C=O) groups excluding carboxylic acids is 2. The number of piperazine rings is 2. The monoisotopic (exact) mass is 450 g/mol. The van der Waals surface area contributed by atoms with Crippen molar-refractivity contribution in [2.75, 3.05) is 78.7 Å². The Labute approximate surface area is 188 Å². The van der Waals surface area contributed by atoms with Gasteiger partial charge in [0.05, 0.1) is 0 Å². The number of hydrogen-bond acceptors (Lipinski definition) is 8. The molecule has 1 aromatic rings. The third-order valence-corrected chi connectivity index (χ3v) is 5.76. The van der Waals surface area contributed by atoms with Crippen molar-refractivity contribution in [2.45, 2.75) is 12.2 Å². The fourth-order valence-corrected chi connectivity index (χ4v) is 3.82. The Morgan fingerprint density at radius 2 is 1.03 bits per heavy atom. The zero-order valence-corrected chi connectivity index (χ0v) is 18.4. The van der Waals surface area contributed by atoms with Gasteiger partial charge in [0.1, 0.15) is 36.9 Å². The van der Waals surface area contributed by atoms with Crippen LogP contribution in [0.5, 0.6) is 11.5 Å². The third kappa shape index (κ3) is 7.94. The molecule has 2 heterocycles. The second-order valence-electron chi connectivity index (χ2n) is 8.29. The van der Waals surface area contributed by atoms with Crippen LogP contribution in [0.25, 0.3) is 0 Å². The predicted octanol–water partition coefficient (Wildman–Crippen LogP) is -1.29. The smallest absolute Gasteiger partial charge is 0.209 e. The highest BCUT2D eigenvalue weighted by molar-refractivity contribution is 5.47. The first kappa shape index (κ1) is 24.2. The molecule has 2 fully saturated rings. The van der Waals surface area contributed by atoms with E-state index in [1.54, 1.807) is 34.1 Å². The number of carbonyl (C=O) groups is 2. The average Bonchev–Trinajstić information content (AvgIpc) is 2.83. The Kier molecular flexibility index (Phi) is 9.54. The highest BCUT2D eigenvalue weighted by atomic mass is 16.5. The number of hydrogen-bond donors (Lipinski definition) is 2. The van der Waals surface area contributed by atoms with E-state index < -0.39 is 12.2 Å². The van der Waals surface area contributed by atoms with Crippen molar-refractivity contribution in [1.29, 1.82) is 0 Å². The molecule has 0 aliphatic carbocycles. The summed E-state index contributed by atoms with van der Waals surface area (Å²) in [6.45, 7) is 7.14. The Bertz CT molecular complexity index is 631. The average molecular weight is 451 g/mol. The van der Waals surface area contributed by atoms with E-state index in [0.29, 0.717) is 50.8 Å². The topological polar surface area (TPSA) is 106 Å². The van der Waals surface area contributed by atoms with Crippen molar-refractivity contribution in [1.82, 2.24) is 19.6 Å². The molecule has 2 atom stereocenters.